The van der Waals surface area contributed by atoms with Gasteiger partial charge in [0, 0.05) is 23.7 Å². The van der Waals surface area contributed by atoms with Crippen molar-refractivity contribution in [3.63, 3.8) is 0 Å². The Hall–Kier alpha value is -2.85. The topological polar surface area (TPSA) is 94.8 Å². The van der Waals surface area contributed by atoms with Crippen LogP contribution in [0, 0.1) is 13.8 Å². The number of aromatic nitrogens is 5. The number of pyridine rings is 1. The fraction of sp³-hybridized carbons (Fsp3) is 0.235. The Morgan fingerprint density at radius 3 is 2.96 bits per heavy atom. The zero-order valence-corrected chi connectivity index (χ0v) is 16.5. The number of rotatable bonds is 5. The lowest BCUT2D eigenvalue weighted by molar-refractivity contribution is -0.118. The summed E-state index contributed by atoms with van der Waals surface area (Å²) >= 11 is 2.90. The van der Waals surface area contributed by atoms with E-state index in [0.29, 0.717) is 11.0 Å². The summed E-state index contributed by atoms with van der Waals surface area (Å²) in [6.07, 6.45) is 0. The minimum Gasteiger partial charge on any atom is -0.466 e. The number of nitrogens with one attached hydrogen (secondary N) is 1. The van der Waals surface area contributed by atoms with Crippen molar-refractivity contribution < 1.29 is 9.53 Å². The minimum absolute atomic E-state index is 0.174. The third-order valence-corrected chi connectivity index (χ3v) is 5.44. The van der Waals surface area contributed by atoms with Crippen LogP contribution in [-0.2, 0) is 11.8 Å². The van der Waals surface area contributed by atoms with Crippen LogP contribution >= 0.6 is 22.7 Å². The fourth-order valence-electron chi connectivity index (χ4n) is 2.72. The van der Waals surface area contributed by atoms with Gasteiger partial charge in [0.05, 0.1) is 5.39 Å². The molecule has 0 aliphatic rings. The number of carbonyl (C=O) groups excluding carboxylic acids is 1. The summed E-state index contributed by atoms with van der Waals surface area (Å²) in [5, 5.41) is 21.1. The normalized spacial score (nSPS) is 11.1. The van der Waals surface area contributed by atoms with Gasteiger partial charge in [-0.05, 0) is 36.9 Å². The first-order valence-electron chi connectivity index (χ1n) is 8.11. The van der Waals surface area contributed by atoms with E-state index in [0.717, 1.165) is 32.9 Å². The smallest absolute Gasteiger partial charge is 0.264 e. The lowest BCUT2D eigenvalue weighted by Crippen LogP contribution is -2.20. The molecule has 0 fully saturated rings. The number of amides is 1. The predicted octanol–water partition coefficient (Wildman–Crippen LogP) is 3.18. The van der Waals surface area contributed by atoms with Gasteiger partial charge in [0.1, 0.15) is 5.01 Å². The van der Waals surface area contributed by atoms with Gasteiger partial charge in [-0.15, -0.1) is 15.3 Å². The van der Waals surface area contributed by atoms with Gasteiger partial charge in [0.15, 0.2) is 12.3 Å². The zero-order chi connectivity index (χ0) is 19.0. The molecule has 0 aliphatic carbocycles. The maximum Gasteiger partial charge on any atom is 0.264 e. The van der Waals surface area contributed by atoms with Crippen molar-refractivity contribution in [2.75, 3.05) is 11.9 Å². The first-order valence-corrected chi connectivity index (χ1v) is 9.87. The Balaban J connectivity index is 1.45. The predicted molar refractivity (Wildman–Crippen MR) is 105 cm³/mol. The second-order valence-electron chi connectivity index (χ2n) is 5.97. The largest absolute Gasteiger partial charge is 0.466 e. The second-order valence-corrected chi connectivity index (χ2v) is 7.73. The van der Waals surface area contributed by atoms with Gasteiger partial charge in [-0.1, -0.05) is 11.3 Å². The lowest BCUT2D eigenvalue weighted by Gasteiger charge is -2.04. The van der Waals surface area contributed by atoms with Gasteiger partial charge in [0.25, 0.3) is 5.91 Å². The molecule has 10 heteroatoms. The van der Waals surface area contributed by atoms with Crippen molar-refractivity contribution in [1.82, 2.24) is 25.0 Å². The quantitative estimate of drug-likeness (QED) is 0.553. The van der Waals surface area contributed by atoms with Crippen LogP contribution in [0.1, 0.15) is 11.3 Å². The van der Waals surface area contributed by atoms with E-state index in [1.165, 1.54) is 11.3 Å². The molecule has 0 spiro atoms. The van der Waals surface area contributed by atoms with Crippen molar-refractivity contribution in [3.05, 3.63) is 34.2 Å². The molecule has 138 valence electrons. The highest BCUT2D eigenvalue weighted by Crippen LogP contribution is 2.28. The first kappa shape index (κ1) is 17.6. The third-order valence-electron chi connectivity index (χ3n) is 3.87. The molecule has 4 heterocycles. The maximum atomic E-state index is 12.2. The maximum absolute atomic E-state index is 12.2. The number of carbonyl (C=O) groups is 1. The highest BCUT2D eigenvalue weighted by molar-refractivity contribution is 7.19. The summed E-state index contributed by atoms with van der Waals surface area (Å²) in [5.41, 5.74) is 3.63. The van der Waals surface area contributed by atoms with Crippen molar-refractivity contribution in [2.45, 2.75) is 13.8 Å². The van der Waals surface area contributed by atoms with E-state index < -0.39 is 0 Å². The van der Waals surface area contributed by atoms with Crippen molar-refractivity contribution in [3.8, 4) is 16.5 Å². The Morgan fingerprint density at radius 2 is 2.19 bits per heavy atom. The van der Waals surface area contributed by atoms with Crippen molar-refractivity contribution >= 4 is 44.7 Å². The van der Waals surface area contributed by atoms with E-state index in [1.54, 1.807) is 23.1 Å². The van der Waals surface area contributed by atoms with Gasteiger partial charge < -0.3 is 4.74 Å². The van der Waals surface area contributed by atoms with E-state index in [2.05, 4.69) is 25.6 Å². The van der Waals surface area contributed by atoms with Crippen molar-refractivity contribution in [1.29, 1.82) is 0 Å². The molecule has 27 heavy (non-hydrogen) atoms. The van der Waals surface area contributed by atoms with Crippen LogP contribution < -0.4 is 10.1 Å². The molecule has 0 atom stereocenters. The number of fused-ring (bicyclic) bond motifs is 1. The number of thiophene rings is 1. The van der Waals surface area contributed by atoms with Crippen LogP contribution in [0.15, 0.2) is 22.9 Å². The highest BCUT2D eigenvalue weighted by Gasteiger charge is 2.16. The number of ether oxygens (including phenoxy) is 1. The minimum atomic E-state index is -0.320. The van der Waals surface area contributed by atoms with Crippen LogP contribution in [0.4, 0.5) is 5.13 Å². The summed E-state index contributed by atoms with van der Waals surface area (Å²) in [5.74, 6) is 0.0726. The standard InChI is InChI=1S/C17H16N6O2S2/c1-9-6-10(2)18-14-13(9)15(22-23(14)3)25-7-12(24)19-17-21-20-16(27-17)11-4-5-26-8-11/h4-6,8H,7H2,1-3H3,(H,19,21,24). The monoisotopic (exact) mass is 400 g/mol. The molecule has 0 unspecified atom stereocenters. The third kappa shape index (κ3) is 3.53. The molecule has 4 aromatic heterocycles. The summed E-state index contributed by atoms with van der Waals surface area (Å²) in [4.78, 5) is 16.7. The molecule has 8 nitrogen and oxygen atoms in total. The molecule has 4 rings (SSSR count). The average molecular weight is 400 g/mol. The Bertz CT molecular complexity index is 1120. The Labute approximate surface area is 162 Å². The number of nitrogens with zero attached hydrogens (tertiary/aromatic N) is 5. The fourth-order valence-corrected chi connectivity index (χ4v) is 4.19. The summed E-state index contributed by atoms with van der Waals surface area (Å²) in [6, 6.07) is 3.92. The van der Waals surface area contributed by atoms with Crippen LogP contribution in [-0.4, -0.2) is 37.5 Å². The SMILES string of the molecule is Cc1cc(C)c2c(OCC(=O)Nc3nnc(-c4ccsc4)s3)nn(C)c2n1. The molecule has 0 saturated heterocycles. The van der Waals surface area contributed by atoms with Gasteiger partial charge in [-0.2, -0.15) is 11.3 Å². The van der Waals surface area contributed by atoms with Gasteiger partial charge in [-0.3, -0.25) is 10.1 Å². The molecule has 0 radical (unpaired) electrons. The van der Waals surface area contributed by atoms with Gasteiger partial charge in [-0.25, -0.2) is 9.67 Å². The Morgan fingerprint density at radius 1 is 1.33 bits per heavy atom. The van der Waals surface area contributed by atoms with E-state index in [9.17, 15) is 4.79 Å². The first-order chi connectivity index (χ1) is 13.0. The number of anilines is 1. The summed E-state index contributed by atoms with van der Waals surface area (Å²) in [7, 11) is 1.80. The molecule has 1 amide bonds. The van der Waals surface area contributed by atoms with Crippen LogP contribution in [0.25, 0.3) is 21.6 Å². The number of aryl methyl sites for hydroxylation is 3. The number of hydrogen-bond acceptors (Lipinski definition) is 8. The molecule has 0 saturated carbocycles. The highest BCUT2D eigenvalue weighted by atomic mass is 32.1. The van der Waals surface area contributed by atoms with Crippen LogP contribution in [0.2, 0.25) is 0 Å². The van der Waals surface area contributed by atoms with Gasteiger partial charge >= 0.3 is 0 Å². The van der Waals surface area contributed by atoms with Crippen LogP contribution in [0.5, 0.6) is 5.88 Å². The van der Waals surface area contributed by atoms with Crippen LogP contribution in [0.3, 0.4) is 0 Å². The van der Waals surface area contributed by atoms with E-state index >= 15 is 0 Å². The number of hydrogen-bond donors (Lipinski definition) is 1. The zero-order valence-electron chi connectivity index (χ0n) is 14.9. The van der Waals surface area contributed by atoms with Crippen molar-refractivity contribution in [2.24, 2.45) is 7.05 Å². The van der Waals surface area contributed by atoms with E-state index in [1.807, 2.05) is 36.7 Å². The second kappa shape index (κ2) is 7.05. The summed E-state index contributed by atoms with van der Waals surface area (Å²) in [6.45, 7) is 3.73. The molecular weight excluding hydrogens is 384 g/mol. The van der Waals surface area contributed by atoms with Gasteiger partial charge in [0.2, 0.25) is 11.0 Å². The lowest BCUT2D eigenvalue weighted by atomic mass is 10.2. The summed E-state index contributed by atoms with van der Waals surface area (Å²) < 4.78 is 7.30. The molecule has 0 aliphatic heterocycles. The molecule has 0 bridgehead atoms. The Kier molecular flexibility index (Phi) is 4.58. The average Bonchev–Trinajstić information content (AvgIpc) is 3.34. The molecule has 4 aromatic rings. The molecule has 1 N–H and O–H groups in total. The van der Waals surface area contributed by atoms with E-state index in [-0.39, 0.29) is 12.5 Å². The molecular formula is C17H16N6O2S2. The van der Waals surface area contributed by atoms with E-state index in [4.69, 9.17) is 4.74 Å². The molecule has 0 aromatic carbocycles.